The Morgan fingerprint density at radius 3 is 1.87 bits per heavy atom. The van der Waals surface area contributed by atoms with Gasteiger partial charge >= 0.3 is 12.5 Å². The summed E-state index contributed by atoms with van der Waals surface area (Å²) in [5.41, 5.74) is -1.71. The van der Waals surface area contributed by atoms with Crippen LogP contribution in [-0.2, 0) is 33.8 Å². The number of alkyl halides is 3. The fourth-order valence-electron chi connectivity index (χ4n) is 13.2. The molecule has 4 saturated carbocycles. The minimum Gasteiger partial charge on any atom is -0.443 e. The van der Waals surface area contributed by atoms with E-state index in [-0.39, 0.29) is 53.4 Å². The van der Waals surface area contributed by atoms with Gasteiger partial charge in [0.1, 0.15) is 34.3 Å². The molecule has 1 aromatic rings. The van der Waals surface area contributed by atoms with Crippen molar-refractivity contribution in [2.75, 3.05) is 5.32 Å². The summed E-state index contributed by atoms with van der Waals surface area (Å²) in [4.78, 5) is 39.5. The molecule has 1 amide bonds. The van der Waals surface area contributed by atoms with Crippen molar-refractivity contribution in [1.29, 1.82) is 0 Å². The third-order valence-electron chi connectivity index (χ3n) is 16.0. The molecule has 0 aromatic heterocycles. The van der Waals surface area contributed by atoms with Crippen LogP contribution in [-0.4, -0.2) is 65.4 Å². The number of carbonyl (C=O) groups excluding carboxylic acids is 1. The van der Waals surface area contributed by atoms with Gasteiger partial charge in [0.25, 0.3) is 0 Å². The van der Waals surface area contributed by atoms with Crippen molar-refractivity contribution >= 4 is 11.8 Å². The Morgan fingerprint density at radius 1 is 0.764 bits per heavy atom. The van der Waals surface area contributed by atoms with Gasteiger partial charge in [0.05, 0.1) is 24.4 Å². The maximum Gasteiger partial charge on any atom is 0.573 e. The van der Waals surface area contributed by atoms with Gasteiger partial charge < -0.3 is 18.9 Å². The second-order valence-electron chi connectivity index (χ2n) is 19.3. The number of carbonyl (C=O) groups is 1. The molecule has 306 valence electrons. The molecule has 1 unspecified atom stereocenters. The average Bonchev–Trinajstić information content (AvgIpc) is 3.50. The van der Waals surface area contributed by atoms with Crippen LogP contribution in [0, 0.1) is 47.3 Å². The number of fused-ring (bicyclic) bond motifs is 4. The number of ether oxygens (including phenoxy) is 4. The molecular weight excluding hydrogens is 719 g/mol. The van der Waals surface area contributed by atoms with Gasteiger partial charge in [0, 0.05) is 24.9 Å². The van der Waals surface area contributed by atoms with E-state index in [4.69, 9.17) is 33.8 Å². The molecule has 4 bridgehead atoms. The van der Waals surface area contributed by atoms with E-state index in [1.807, 2.05) is 0 Å². The first kappa shape index (κ1) is 38.4. The smallest absolute Gasteiger partial charge is 0.443 e. The van der Waals surface area contributed by atoms with E-state index >= 15 is 0 Å². The third-order valence-corrected chi connectivity index (χ3v) is 16.0. The zero-order valence-electron chi connectivity index (χ0n) is 32.9. The van der Waals surface area contributed by atoms with Crippen molar-refractivity contribution in [3.8, 4) is 5.75 Å². The van der Waals surface area contributed by atoms with Crippen LogP contribution in [0.4, 0.5) is 23.7 Å². The Bertz CT molecular complexity index is 1610. The van der Waals surface area contributed by atoms with E-state index in [9.17, 15) is 18.0 Å². The van der Waals surface area contributed by atoms with Gasteiger partial charge in [-0.2, -0.15) is 0 Å². The number of benzene rings is 1. The molecule has 55 heavy (non-hydrogen) atoms. The van der Waals surface area contributed by atoms with E-state index in [0.717, 1.165) is 69.9 Å². The van der Waals surface area contributed by atoms with Crippen LogP contribution in [0.25, 0.3) is 0 Å². The molecule has 6 saturated heterocycles. The number of amides is 1. The topological polar surface area (TPSA) is 103 Å². The summed E-state index contributed by atoms with van der Waals surface area (Å²) < 4.78 is 63.4. The van der Waals surface area contributed by atoms with Gasteiger partial charge in [-0.3, -0.25) is 5.32 Å². The summed E-state index contributed by atoms with van der Waals surface area (Å²) in [5, 5.41) is 2.76. The molecule has 1 aromatic carbocycles. The molecule has 10 aliphatic rings. The van der Waals surface area contributed by atoms with Crippen LogP contribution in [0.1, 0.15) is 112 Å². The fraction of sp³-hybridized carbons (Fsp3) is 0.833. The van der Waals surface area contributed by atoms with Crippen LogP contribution in [0.15, 0.2) is 24.3 Å². The summed E-state index contributed by atoms with van der Waals surface area (Å²) in [7, 11) is 0. The maximum absolute atomic E-state index is 13.9. The number of hydrogen-bond acceptors (Lipinski definition) is 9. The quantitative estimate of drug-likeness (QED) is 0.283. The van der Waals surface area contributed by atoms with E-state index in [1.165, 1.54) is 12.1 Å². The molecule has 6 aliphatic heterocycles. The number of halogens is 3. The van der Waals surface area contributed by atoms with Crippen LogP contribution in [0.2, 0.25) is 0 Å². The SMILES string of the molecule is C[C@H]1[C@@H](C[C@H](OC(=O)Nc2ccc(OC(F)(F)F)cc2)C2O[C@@H]3C[C@]4(C)CC[C@H]5[C@H](C)CC[C@@H]([C@H]2C)[C@@]35OO4)O[C@@H]2C[C@]3(C)CC[C@H]4[C@H](C)CC[C@@H]1[C@@]24OO3. The molecule has 0 radical (unpaired) electrons. The minimum absolute atomic E-state index is 0.0383. The van der Waals surface area contributed by atoms with Crippen LogP contribution < -0.4 is 10.1 Å². The van der Waals surface area contributed by atoms with Crippen LogP contribution >= 0.6 is 0 Å². The first-order valence-electron chi connectivity index (χ1n) is 20.9. The van der Waals surface area contributed by atoms with E-state index < -0.39 is 47.1 Å². The molecule has 17 atom stereocenters. The largest absolute Gasteiger partial charge is 0.573 e. The molecule has 13 heteroatoms. The van der Waals surface area contributed by atoms with Crippen molar-refractivity contribution in [1.82, 2.24) is 0 Å². The van der Waals surface area contributed by atoms with E-state index in [2.05, 4.69) is 51.6 Å². The first-order valence-corrected chi connectivity index (χ1v) is 20.9. The van der Waals surface area contributed by atoms with Gasteiger partial charge in [0.2, 0.25) is 0 Å². The highest BCUT2D eigenvalue weighted by Crippen LogP contribution is 2.64. The summed E-state index contributed by atoms with van der Waals surface area (Å²) >= 11 is 0. The van der Waals surface area contributed by atoms with Crippen LogP contribution in [0.3, 0.4) is 0 Å². The third kappa shape index (κ3) is 6.31. The lowest BCUT2D eigenvalue weighted by atomic mass is 9.55. The highest BCUT2D eigenvalue weighted by atomic mass is 19.4. The second kappa shape index (κ2) is 13.4. The Hall–Kier alpha value is -2.16. The van der Waals surface area contributed by atoms with Crippen LogP contribution in [0.5, 0.6) is 5.75 Å². The zero-order valence-corrected chi connectivity index (χ0v) is 32.9. The predicted molar refractivity (Wildman–Crippen MR) is 192 cm³/mol. The highest BCUT2D eigenvalue weighted by Gasteiger charge is 2.71. The summed E-state index contributed by atoms with van der Waals surface area (Å²) in [6.07, 6.45) is 2.59. The van der Waals surface area contributed by atoms with Crippen molar-refractivity contribution in [3.63, 3.8) is 0 Å². The molecular formula is C42H58F3NO9. The van der Waals surface area contributed by atoms with Crippen molar-refractivity contribution in [3.05, 3.63) is 24.3 Å². The Balaban J connectivity index is 1.02. The molecule has 6 heterocycles. The average molecular weight is 778 g/mol. The lowest BCUT2D eigenvalue weighted by Gasteiger charge is -2.62. The summed E-state index contributed by atoms with van der Waals surface area (Å²) in [5.74, 6) is 1.61. The normalized spacial score (nSPS) is 49.1. The first-order chi connectivity index (χ1) is 26.0. The van der Waals surface area contributed by atoms with Gasteiger partial charge in [-0.15, -0.1) is 13.2 Å². The lowest BCUT2D eigenvalue weighted by molar-refractivity contribution is -0.491. The van der Waals surface area contributed by atoms with Crippen molar-refractivity contribution < 1.29 is 56.5 Å². The molecule has 1 N–H and O–H groups in total. The van der Waals surface area contributed by atoms with Gasteiger partial charge in [-0.05, 0) is 137 Å². The van der Waals surface area contributed by atoms with Gasteiger partial charge in [-0.25, -0.2) is 24.3 Å². The molecule has 11 rings (SSSR count). The molecule has 4 aliphatic carbocycles. The fourth-order valence-corrected chi connectivity index (χ4v) is 13.2. The standard InChI is InChI=1S/C42H58F3NO9/c1-22-7-13-30-24(3)32(48-34-20-38(5)17-15-28(22)40(30,34)54-52-38)19-33(49-37(47)46-26-9-11-27(12-10-26)51-42(43,44)45)36-25(4)31-14-8-23(2)29-16-18-39(6)21-35(50-36)41(29,31)55-53-39/h9-12,22-25,28-36H,7-8,13-21H2,1-6H3,(H,46,47)/t22-,23-,24-,25-,28+,29+,30+,31+,32-,33+,34-,35-,36?,38+,39+,40-,41-/m1/s1. The monoisotopic (exact) mass is 777 g/mol. The lowest BCUT2D eigenvalue weighted by Crippen LogP contribution is -2.71. The molecule has 10 fully saturated rings. The van der Waals surface area contributed by atoms with Gasteiger partial charge in [-0.1, -0.05) is 27.7 Å². The zero-order chi connectivity index (χ0) is 38.7. The highest BCUT2D eigenvalue weighted by molar-refractivity contribution is 5.84. The van der Waals surface area contributed by atoms with Crippen molar-refractivity contribution in [2.45, 2.75) is 171 Å². The van der Waals surface area contributed by atoms with Crippen molar-refractivity contribution in [2.24, 2.45) is 47.3 Å². The van der Waals surface area contributed by atoms with E-state index in [1.54, 1.807) is 0 Å². The number of nitrogens with one attached hydrogen (secondary N) is 1. The minimum atomic E-state index is -4.82. The Labute approximate surface area is 321 Å². The number of hydrogen-bond donors (Lipinski definition) is 1. The Kier molecular flexibility index (Phi) is 9.38. The summed E-state index contributed by atoms with van der Waals surface area (Å²) in [6.45, 7) is 13.4. The molecule has 10 nitrogen and oxygen atoms in total. The van der Waals surface area contributed by atoms with Gasteiger partial charge in [0.15, 0.2) is 0 Å². The number of anilines is 1. The summed E-state index contributed by atoms with van der Waals surface area (Å²) in [6, 6.07) is 5.05. The second-order valence-corrected chi connectivity index (χ2v) is 19.3. The maximum atomic E-state index is 13.9. The Morgan fingerprint density at radius 2 is 1.31 bits per heavy atom. The van der Waals surface area contributed by atoms with E-state index in [0.29, 0.717) is 36.5 Å². The number of rotatable bonds is 6. The molecule has 2 spiro atoms. The predicted octanol–water partition coefficient (Wildman–Crippen LogP) is 9.31.